The van der Waals surface area contributed by atoms with Gasteiger partial charge in [-0.25, -0.2) is 0 Å². The molecule has 0 aliphatic carbocycles. The van der Waals surface area contributed by atoms with Crippen LogP contribution in [0, 0.1) is 0 Å². The molecule has 1 aromatic rings. The van der Waals surface area contributed by atoms with E-state index in [0.717, 1.165) is 13.1 Å². The molecule has 3 rings (SSSR count). The van der Waals surface area contributed by atoms with E-state index in [9.17, 15) is 4.79 Å². The molecule has 0 unspecified atom stereocenters. The van der Waals surface area contributed by atoms with Gasteiger partial charge in [0.1, 0.15) is 0 Å². The molecule has 2 heterocycles. The van der Waals surface area contributed by atoms with E-state index in [-0.39, 0.29) is 5.91 Å². The average molecular weight is 261 g/mol. The molecule has 4 nitrogen and oxygen atoms in total. The fourth-order valence-corrected chi connectivity index (χ4v) is 2.35. The smallest absolute Gasteiger partial charge is 0.234 e. The standard InChI is InChI=1S/C11H15N.C4H8N2O/c1-3-7-11(8-4-1)12-9-5-2-6-10-12;7-4-3-5-1-2-6-4/h1,3-4,7-8H,2,5-6,9-10H2;5H,1-3H2,(H,6,7). The Kier molecular flexibility index (Phi) is 5.69. The number of nitrogens with one attached hydrogen (secondary N) is 2. The molecule has 2 aliphatic heterocycles. The summed E-state index contributed by atoms with van der Waals surface area (Å²) in [6.45, 7) is 4.65. The van der Waals surface area contributed by atoms with Gasteiger partial charge >= 0.3 is 0 Å². The number of carbonyl (C=O) groups excluding carboxylic acids is 1. The molecule has 0 spiro atoms. The Bertz CT molecular complexity index is 366. The van der Waals surface area contributed by atoms with Gasteiger partial charge in [-0.15, -0.1) is 0 Å². The minimum absolute atomic E-state index is 0.103. The summed E-state index contributed by atoms with van der Waals surface area (Å²) in [5.41, 5.74) is 1.39. The van der Waals surface area contributed by atoms with E-state index in [1.165, 1.54) is 38.0 Å². The zero-order chi connectivity index (χ0) is 13.3. The number of nitrogens with zero attached hydrogens (tertiary/aromatic N) is 1. The molecular formula is C15H23N3O. The Hall–Kier alpha value is -1.55. The van der Waals surface area contributed by atoms with Gasteiger partial charge in [0, 0.05) is 31.9 Å². The highest BCUT2D eigenvalue weighted by Gasteiger charge is 2.09. The molecule has 0 radical (unpaired) electrons. The Balaban J connectivity index is 0.000000163. The normalized spacial score (nSPS) is 19.2. The summed E-state index contributed by atoms with van der Waals surface area (Å²) >= 11 is 0. The predicted octanol–water partition coefficient (Wildman–Crippen LogP) is 1.38. The third-order valence-corrected chi connectivity index (χ3v) is 3.39. The molecule has 4 heteroatoms. The number of carbonyl (C=O) groups is 1. The lowest BCUT2D eigenvalue weighted by Crippen LogP contribution is -2.44. The van der Waals surface area contributed by atoms with E-state index in [0.29, 0.717) is 6.54 Å². The topological polar surface area (TPSA) is 44.4 Å². The third kappa shape index (κ3) is 4.91. The van der Waals surface area contributed by atoms with Crippen molar-refractivity contribution in [2.24, 2.45) is 0 Å². The maximum Gasteiger partial charge on any atom is 0.234 e. The van der Waals surface area contributed by atoms with E-state index in [1.807, 2.05) is 0 Å². The number of amides is 1. The van der Waals surface area contributed by atoms with Crippen molar-refractivity contribution in [1.29, 1.82) is 0 Å². The van der Waals surface area contributed by atoms with Crippen LogP contribution in [0.15, 0.2) is 30.3 Å². The Labute approximate surface area is 115 Å². The Morgan fingerprint density at radius 2 is 1.68 bits per heavy atom. The van der Waals surface area contributed by atoms with Crippen molar-refractivity contribution in [1.82, 2.24) is 10.6 Å². The fourth-order valence-electron chi connectivity index (χ4n) is 2.35. The second-order valence-corrected chi connectivity index (χ2v) is 4.91. The lowest BCUT2D eigenvalue weighted by Gasteiger charge is -2.28. The number of anilines is 1. The number of benzene rings is 1. The SMILES string of the molecule is O=C1CNCCN1.c1ccc(N2CCCCC2)cc1. The second-order valence-electron chi connectivity index (χ2n) is 4.91. The van der Waals surface area contributed by atoms with Gasteiger partial charge in [0.25, 0.3) is 0 Å². The Morgan fingerprint density at radius 1 is 0.947 bits per heavy atom. The molecule has 19 heavy (non-hydrogen) atoms. The second kappa shape index (κ2) is 7.79. The molecule has 0 bridgehead atoms. The number of piperazine rings is 1. The van der Waals surface area contributed by atoms with Crippen molar-refractivity contribution in [3.8, 4) is 0 Å². The van der Waals surface area contributed by atoms with Gasteiger partial charge in [-0.1, -0.05) is 18.2 Å². The van der Waals surface area contributed by atoms with Crippen LogP contribution >= 0.6 is 0 Å². The zero-order valence-corrected chi connectivity index (χ0v) is 11.4. The summed E-state index contributed by atoms with van der Waals surface area (Å²) in [6, 6.07) is 10.7. The maximum absolute atomic E-state index is 10.3. The van der Waals surface area contributed by atoms with Crippen LogP contribution < -0.4 is 15.5 Å². The third-order valence-electron chi connectivity index (χ3n) is 3.39. The first-order chi connectivity index (χ1) is 9.36. The molecule has 0 atom stereocenters. The Morgan fingerprint density at radius 3 is 2.21 bits per heavy atom. The van der Waals surface area contributed by atoms with Gasteiger partial charge in [0.2, 0.25) is 5.91 Å². The van der Waals surface area contributed by atoms with Crippen molar-refractivity contribution in [3.05, 3.63) is 30.3 Å². The molecular weight excluding hydrogens is 238 g/mol. The zero-order valence-electron chi connectivity index (χ0n) is 11.4. The molecule has 1 amide bonds. The van der Waals surface area contributed by atoms with Crippen LogP contribution in [0.1, 0.15) is 19.3 Å². The number of piperidine rings is 1. The fraction of sp³-hybridized carbons (Fsp3) is 0.533. The molecule has 104 valence electrons. The van der Waals surface area contributed by atoms with Crippen LogP contribution in [0.4, 0.5) is 5.69 Å². The molecule has 2 N–H and O–H groups in total. The quantitative estimate of drug-likeness (QED) is 0.803. The predicted molar refractivity (Wildman–Crippen MR) is 78.4 cm³/mol. The van der Waals surface area contributed by atoms with Crippen LogP contribution in [0.3, 0.4) is 0 Å². The van der Waals surface area contributed by atoms with Gasteiger partial charge in [0.15, 0.2) is 0 Å². The number of hydrogen-bond donors (Lipinski definition) is 2. The van der Waals surface area contributed by atoms with E-state index in [2.05, 4.69) is 45.9 Å². The van der Waals surface area contributed by atoms with Crippen LogP contribution in [0.2, 0.25) is 0 Å². The first kappa shape index (κ1) is 13.9. The van der Waals surface area contributed by atoms with Gasteiger partial charge < -0.3 is 15.5 Å². The number of rotatable bonds is 1. The molecule has 2 saturated heterocycles. The molecule has 0 saturated carbocycles. The van der Waals surface area contributed by atoms with Gasteiger partial charge in [-0.2, -0.15) is 0 Å². The average Bonchev–Trinajstić information content (AvgIpc) is 2.51. The summed E-state index contributed by atoms with van der Waals surface area (Å²) in [6.07, 6.45) is 4.12. The van der Waals surface area contributed by atoms with Crippen LogP contribution in [-0.2, 0) is 4.79 Å². The van der Waals surface area contributed by atoms with E-state index in [1.54, 1.807) is 0 Å². The van der Waals surface area contributed by atoms with Gasteiger partial charge in [0.05, 0.1) is 6.54 Å². The van der Waals surface area contributed by atoms with Crippen molar-refractivity contribution in [2.75, 3.05) is 37.6 Å². The summed E-state index contributed by atoms with van der Waals surface area (Å²) < 4.78 is 0. The van der Waals surface area contributed by atoms with Crippen molar-refractivity contribution in [2.45, 2.75) is 19.3 Å². The van der Waals surface area contributed by atoms with E-state index < -0.39 is 0 Å². The summed E-state index contributed by atoms with van der Waals surface area (Å²) in [5.74, 6) is 0.103. The van der Waals surface area contributed by atoms with Crippen molar-refractivity contribution < 1.29 is 4.79 Å². The van der Waals surface area contributed by atoms with Crippen LogP contribution in [-0.4, -0.2) is 38.6 Å². The molecule has 0 aromatic heterocycles. The monoisotopic (exact) mass is 261 g/mol. The first-order valence-corrected chi connectivity index (χ1v) is 7.14. The van der Waals surface area contributed by atoms with Crippen molar-refractivity contribution >= 4 is 11.6 Å². The largest absolute Gasteiger partial charge is 0.372 e. The summed E-state index contributed by atoms with van der Waals surface area (Å²) in [5, 5.41) is 5.60. The van der Waals surface area contributed by atoms with E-state index >= 15 is 0 Å². The van der Waals surface area contributed by atoms with E-state index in [4.69, 9.17) is 0 Å². The highest BCUT2D eigenvalue weighted by atomic mass is 16.2. The minimum atomic E-state index is 0.103. The molecule has 2 aliphatic rings. The van der Waals surface area contributed by atoms with Crippen molar-refractivity contribution in [3.63, 3.8) is 0 Å². The molecule has 2 fully saturated rings. The highest BCUT2D eigenvalue weighted by Crippen LogP contribution is 2.18. The lowest BCUT2D eigenvalue weighted by atomic mass is 10.1. The van der Waals surface area contributed by atoms with Gasteiger partial charge in [-0.05, 0) is 31.4 Å². The number of para-hydroxylation sites is 1. The number of hydrogen-bond acceptors (Lipinski definition) is 3. The first-order valence-electron chi connectivity index (χ1n) is 7.14. The van der Waals surface area contributed by atoms with Gasteiger partial charge in [-0.3, -0.25) is 4.79 Å². The highest BCUT2D eigenvalue weighted by molar-refractivity contribution is 5.78. The van der Waals surface area contributed by atoms with Crippen LogP contribution in [0.25, 0.3) is 0 Å². The summed E-state index contributed by atoms with van der Waals surface area (Å²) in [4.78, 5) is 12.8. The minimum Gasteiger partial charge on any atom is -0.372 e. The van der Waals surface area contributed by atoms with Crippen LogP contribution in [0.5, 0.6) is 0 Å². The molecule has 1 aromatic carbocycles. The maximum atomic E-state index is 10.3. The summed E-state index contributed by atoms with van der Waals surface area (Å²) in [7, 11) is 0. The lowest BCUT2D eigenvalue weighted by molar-refractivity contribution is -0.121.